The summed E-state index contributed by atoms with van der Waals surface area (Å²) in [4.78, 5) is 12.1. The van der Waals surface area contributed by atoms with Crippen LogP contribution in [-0.2, 0) is 29.2 Å². The summed E-state index contributed by atoms with van der Waals surface area (Å²) in [6, 6.07) is 12.0. The molecule has 1 aliphatic heterocycles. The van der Waals surface area contributed by atoms with Crippen LogP contribution in [-0.4, -0.2) is 37.5 Å². The molecule has 5 nitrogen and oxygen atoms in total. The molecule has 1 N–H and O–H groups in total. The number of amides is 1. The molecule has 0 saturated carbocycles. The Balaban J connectivity index is 1.62. The SMILES string of the molecule is O=C(NCCS(=O)(=O)N1CCc2ccccc2C1)c1ccccc1C(F)(F)F. The predicted molar refractivity (Wildman–Crippen MR) is 98.1 cm³/mol. The smallest absolute Gasteiger partial charge is 0.351 e. The number of nitrogens with one attached hydrogen (secondary N) is 1. The van der Waals surface area contributed by atoms with Crippen molar-refractivity contribution in [2.24, 2.45) is 0 Å². The van der Waals surface area contributed by atoms with Crippen LogP contribution in [0.15, 0.2) is 48.5 Å². The second-order valence-electron chi connectivity index (χ2n) is 6.47. The van der Waals surface area contributed by atoms with Crippen molar-refractivity contribution in [1.82, 2.24) is 9.62 Å². The Kier molecular flexibility index (Phi) is 5.76. The fourth-order valence-electron chi connectivity index (χ4n) is 3.15. The lowest BCUT2D eigenvalue weighted by molar-refractivity contribution is -0.137. The fourth-order valence-corrected chi connectivity index (χ4v) is 4.48. The molecule has 0 unspecified atom stereocenters. The summed E-state index contributed by atoms with van der Waals surface area (Å²) in [6.07, 6.45) is -4.07. The Hall–Kier alpha value is -2.39. The molecule has 1 aliphatic rings. The third-order valence-electron chi connectivity index (χ3n) is 4.61. The lowest BCUT2D eigenvalue weighted by Crippen LogP contribution is -2.40. The number of nitrogens with zero attached hydrogens (tertiary/aromatic N) is 1. The number of sulfonamides is 1. The minimum Gasteiger partial charge on any atom is -0.351 e. The van der Waals surface area contributed by atoms with Gasteiger partial charge in [-0.05, 0) is 29.7 Å². The molecule has 1 heterocycles. The molecular weight excluding hydrogens is 393 g/mol. The second-order valence-corrected chi connectivity index (χ2v) is 8.56. The molecule has 0 saturated heterocycles. The van der Waals surface area contributed by atoms with Crippen molar-refractivity contribution in [1.29, 1.82) is 0 Å². The maximum Gasteiger partial charge on any atom is 0.417 e. The highest BCUT2D eigenvalue weighted by molar-refractivity contribution is 7.89. The molecule has 0 aliphatic carbocycles. The van der Waals surface area contributed by atoms with Crippen molar-refractivity contribution in [3.05, 3.63) is 70.8 Å². The van der Waals surface area contributed by atoms with Crippen molar-refractivity contribution in [3.63, 3.8) is 0 Å². The molecule has 0 fully saturated rings. The fraction of sp³-hybridized carbons (Fsp3) is 0.316. The maximum atomic E-state index is 13.0. The van der Waals surface area contributed by atoms with E-state index in [2.05, 4.69) is 5.32 Å². The molecule has 2 aromatic carbocycles. The molecule has 1 amide bonds. The van der Waals surface area contributed by atoms with E-state index in [0.717, 1.165) is 23.3 Å². The first-order valence-corrected chi connectivity index (χ1v) is 10.3. The van der Waals surface area contributed by atoms with Gasteiger partial charge in [-0.3, -0.25) is 4.79 Å². The van der Waals surface area contributed by atoms with E-state index >= 15 is 0 Å². The zero-order valence-corrected chi connectivity index (χ0v) is 15.7. The Morgan fingerprint density at radius 3 is 2.39 bits per heavy atom. The number of alkyl halides is 3. The van der Waals surface area contributed by atoms with Crippen molar-refractivity contribution < 1.29 is 26.4 Å². The summed E-state index contributed by atoms with van der Waals surface area (Å²) in [5.74, 6) is -1.33. The summed E-state index contributed by atoms with van der Waals surface area (Å²) in [7, 11) is -3.65. The molecular formula is C19H19F3N2O3S. The molecule has 2 aromatic rings. The van der Waals surface area contributed by atoms with Gasteiger partial charge in [-0.1, -0.05) is 36.4 Å². The molecule has 28 heavy (non-hydrogen) atoms. The van der Waals surface area contributed by atoms with Crippen molar-refractivity contribution >= 4 is 15.9 Å². The number of carbonyl (C=O) groups is 1. The summed E-state index contributed by atoms with van der Waals surface area (Å²) in [5.41, 5.74) is 0.453. The van der Waals surface area contributed by atoms with Crippen LogP contribution < -0.4 is 5.32 Å². The van der Waals surface area contributed by atoms with Gasteiger partial charge >= 0.3 is 6.18 Å². The highest BCUT2D eigenvalue weighted by atomic mass is 32.2. The van der Waals surface area contributed by atoms with Crippen LogP contribution in [0.3, 0.4) is 0 Å². The van der Waals surface area contributed by atoms with Gasteiger partial charge < -0.3 is 5.32 Å². The van der Waals surface area contributed by atoms with Gasteiger partial charge in [0.2, 0.25) is 10.0 Å². The molecule has 0 spiro atoms. The zero-order chi connectivity index (χ0) is 20.4. The van der Waals surface area contributed by atoms with Gasteiger partial charge in [0, 0.05) is 19.6 Å². The largest absolute Gasteiger partial charge is 0.417 e. The standard InChI is InChI=1S/C19H19F3N2O3S/c20-19(21,22)17-8-4-3-7-16(17)18(25)23-10-12-28(26,27)24-11-9-14-5-1-2-6-15(14)13-24/h1-8H,9-13H2,(H,23,25). The van der Waals surface area contributed by atoms with Crippen LogP contribution in [0.4, 0.5) is 13.2 Å². The monoisotopic (exact) mass is 412 g/mol. The third-order valence-corrected chi connectivity index (χ3v) is 6.43. The average molecular weight is 412 g/mol. The number of halogens is 3. The van der Waals surface area contributed by atoms with E-state index in [-0.39, 0.29) is 18.8 Å². The first-order chi connectivity index (χ1) is 13.2. The van der Waals surface area contributed by atoms with Gasteiger partial charge in [0.05, 0.1) is 16.9 Å². The van der Waals surface area contributed by atoms with E-state index in [1.807, 2.05) is 24.3 Å². The number of benzene rings is 2. The van der Waals surface area contributed by atoms with Crippen LogP contribution in [0.1, 0.15) is 27.0 Å². The van der Waals surface area contributed by atoms with E-state index < -0.39 is 33.2 Å². The van der Waals surface area contributed by atoms with Crippen LogP contribution in [0.2, 0.25) is 0 Å². The Bertz CT molecular complexity index is 974. The van der Waals surface area contributed by atoms with Crippen LogP contribution in [0, 0.1) is 0 Å². The van der Waals surface area contributed by atoms with Gasteiger partial charge in [-0.2, -0.15) is 17.5 Å². The van der Waals surface area contributed by atoms with Gasteiger partial charge in [0.25, 0.3) is 5.91 Å². The van der Waals surface area contributed by atoms with Gasteiger partial charge in [0.1, 0.15) is 0 Å². The van der Waals surface area contributed by atoms with E-state index in [4.69, 9.17) is 0 Å². The minimum absolute atomic E-state index is 0.253. The number of fused-ring (bicyclic) bond motifs is 1. The van der Waals surface area contributed by atoms with Crippen LogP contribution in [0.5, 0.6) is 0 Å². The molecule has 0 atom stereocenters. The number of carbonyl (C=O) groups excluding carboxylic acids is 1. The topological polar surface area (TPSA) is 66.5 Å². The van der Waals surface area contributed by atoms with Gasteiger partial charge in [-0.15, -0.1) is 0 Å². The molecule has 0 aromatic heterocycles. The summed E-state index contributed by atoms with van der Waals surface area (Å²) in [5, 5.41) is 2.28. The normalized spacial score (nSPS) is 15.1. The van der Waals surface area contributed by atoms with Crippen molar-refractivity contribution in [3.8, 4) is 0 Å². The quantitative estimate of drug-likeness (QED) is 0.821. The van der Waals surface area contributed by atoms with Crippen molar-refractivity contribution in [2.75, 3.05) is 18.8 Å². The summed E-state index contributed by atoms with van der Waals surface area (Å²) >= 11 is 0. The van der Waals surface area contributed by atoms with Crippen LogP contribution >= 0.6 is 0 Å². The molecule has 0 bridgehead atoms. The van der Waals surface area contributed by atoms with Gasteiger partial charge in [-0.25, -0.2) is 8.42 Å². The minimum atomic E-state index is -4.67. The van der Waals surface area contributed by atoms with Gasteiger partial charge in [0.15, 0.2) is 0 Å². The van der Waals surface area contributed by atoms with Crippen molar-refractivity contribution in [2.45, 2.75) is 19.1 Å². The molecule has 0 radical (unpaired) electrons. The highest BCUT2D eigenvalue weighted by Gasteiger charge is 2.35. The Morgan fingerprint density at radius 1 is 1.04 bits per heavy atom. The average Bonchev–Trinajstić information content (AvgIpc) is 2.66. The lowest BCUT2D eigenvalue weighted by atomic mass is 10.0. The zero-order valence-electron chi connectivity index (χ0n) is 14.9. The van der Waals surface area contributed by atoms with E-state index in [0.29, 0.717) is 13.0 Å². The Morgan fingerprint density at radius 2 is 1.68 bits per heavy atom. The Labute approximate surface area is 161 Å². The highest BCUT2D eigenvalue weighted by Crippen LogP contribution is 2.31. The molecule has 3 rings (SSSR count). The number of rotatable bonds is 5. The third kappa shape index (κ3) is 4.53. The van der Waals surface area contributed by atoms with Crippen LogP contribution in [0.25, 0.3) is 0 Å². The van der Waals surface area contributed by atoms with E-state index in [9.17, 15) is 26.4 Å². The summed E-state index contributed by atoms with van der Waals surface area (Å²) in [6.45, 7) is 0.319. The number of hydrogen-bond donors (Lipinski definition) is 1. The lowest BCUT2D eigenvalue weighted by Gasteiger charge is -2.28. The number of hydrogen-bond acceptors (Lipinski definition) is 3. The maximum absolute atomic E-state index is 13.0. The first kappa shape index (κ1) is 20.3. The van der Waals surface area contributed by atoms with E-state index in [1.54, 1.807) is 0 Å². The molecule has 150 valence electrons. The molecule has 9 heteroatoms. The van der Waals surface area contributed by atoms with E-state index in [1.165, 1.54) is 16.4 Å². The predicted octanol–water partition coefficient (Wildman–Crippen LogP) is 2.82. The first-order valence-electron chi connectivity index (χ1n) is 8.67. The second kappa shape index (κ2) is 7.92. The summed E-state index contributed by atoms with van der Waals surface area (Å²) < 4.78 is 65.4.